The first-order valence-corrected chi connectivity index (χ1v) is 14.2. The first-order valence-electron chi connectivity index (χ1n) is 14.2. The van der Waals surface area contributed by atoms with E-state index >= 15 is 0 Å². The van der Waals surface area contributed by atoms with Crippen molar-refractivity contribution < 1.29 is 63.0 Å². The summed E-state index contributed by atoms with van der Waals surface area (Å²) in [7, 11) is 1.06. The minimum atomic E-state index is -2.31. The highest BCUT2D eigenvalue weighted by molar-refractivity contribution is 5.95. The number of hydrogen-bond donors (Lipinski definition) is 3. The number of ether oxygens (including phenoxy) is 5. The Bertz CT molecular complexity index is 1360. The van der Waals surface area contributed by atoms with E-state index in [9.17, 15) is 39.3 Å². The van der Waals surface area contributed by atoms with Crippen LogP contribution in [0.2, 0.25) is 0 Å². The van der Waals surface area contributed by atoms with E-state index in [1.54, 1.807) is 27.7 Å². The molecular formula is C30H38O13. The van der Waals surface area contributed by atoms with Gasteiger partial charge in [0.15, 0.2) is 11.5 Å². The molecule has 13 heteroatoms. The van der Waals surface area contributed by atoms with Crippen molar-refractivity contribution in [1.82, 2.24) is 0 Å². The zero-order chi connectivity index (χ0) is 32.0. The molecule has 0 aromatic carbocycles. The second kappa shape index (κ2) is 9.86. The number of hydrogen-bond acceptors (Lipinski definition) is 13. The molecule has 0 aromatic heterocycles. The molecule has 2 aliphatic heterocycles. The van der Waals surface area contributed by atoms with Gasteiger partial charge in [0, 0.05) is 30.8 Å². The van der Waals surface area contributed by atoms with E-state index in [-0.39, 0.29) is 25.2 Å². The molecule has 2 saturated carbocycles. The first kappa shape index (κ1) is 31.1. The Morgan fingerprint density at radius 1 is 1.12 bits per heavy atom. The molecule has 5 rings (SSSR count). The molecule has 2 bridgehead atoms. The maximum Gasteiger partial charge on any atom is 0.348 e. The Morgan fingerprint density at radius 3 is 2.37 bits per heavy atom. The van der Waals surface area contributed by atoms with Crippen molar-refractivity contribution in [3.05, 3.63) is 23.0 Å². The molecular weight excluding hydrogens is 568 g/mol. The summed E-state index contributed by atoms with van der Waals surface area (Å²) in [6.07, 6.45) is -5.37. The van der Waals surface area contributed by atoms with E-state index in [2.05, 4.69) is 0 Å². The molecule has 5 aliphatic rings. The number of allylic oxidation sites excluding steroid dienone is 2. The van der Waals surface area contributed by atoms with E-state index in [1.807, 2.05) is 0 Å². The standard InChI is InChI=1S/C30H38O13/c1-12(27(4,5)43-14(3)31)8-18(33)42-21-23-29-11-40-30(23,26(38)39-7)24(36)20(35)22(29)28(6)10-16(32)19(34)13(2)15(28)9-17(29)41-25(21)37/h8,15,17,20-24,34-36H,9-11H2,1-7H3/b12-8+/t15-,17+,20+,21+,22+,23+,24-,28-,29+,30-/m1/s1. The molecule has 0 unspecified atom stereocenters. The molecule has 3 N–H and O–H groups in total. The van der Waals surface area contributed by atoms with Crippen molar-refractivity contribution in [2.24, 2.45) is 28.6 Å². The highest BCUT2D eigenvalue weighted by Gasteiger charge is 2.85. The third-order valence-electron chi connectivity index (χ3n) is 10.8. The van der Waals surface area contributed by atoms with Crippen LogP contribution >= 0.6 is 0 Å². The van der Waals surface area contributed by atoms with Crippen LogP contribution in [0.4, 0.5) is 0 Å². The monoisotopic (exact) mass is 606 g/mol. The quantitative estimate of drug-likeness (QED) is 0.227. The lowest BCUT2D eigenvalue weighted by atomic mass is 9.38. The van der Waals surface area contributed by atoms with Gasteiger partial charge in [-0.1, -0.05) is 6.92 Å². The van der Waals surface area contributed by atoms with Gasteiger partial charge in [0.05, 0.1) is 25.7 Å². The number of ketones is 1. The van der Waals surface area contributed by atoms with Gasteiger partial charge in [-0.05, 0) is 56.6 Å². The molecule has 13 nitrogen and oxygen atoms in total. The molecule has 4 fully saturated rings. The fourth-order valence-electron chi connectivity index (χ4n) is 8.81. The average molecular weight is 607 g/mol. The van der Waals surface area contributed by atoms with Gasteiger partial charge in [-0.15, -0.1) is 0 Å². The van der Waals surface area contributed by atoms with Crippen molar-refractivity contribution in [2.75, 3.05) is 13.7 Å². The number of methoxy groups -OCH3 is 1. The summed E-state index contributed by atoms with van der Waals surface area (Å²) in [6, 6.07) is 0. The number of aliphatic hydroxyl groups excluding tert-OH is 3. The van der Waals surface area contributed by atoms with Crippen LogP contribution in [0.15, 0.2) is 23.0 Å². The van der Waals surface area contributed by atoms with E-state index < -0.39 is 93.9 Å². The minimum absolute atomic E-state index is 0.123. The molecule has 0 amide bonds. The summed E-state index contributed by atoms with van der Waals surface area (Å²) in [5, 5.41) is 33.9. The van der Waals surface area contributed by atoms with Gasteiger partial charge in [-0.3, -0.25) is 9.59 Å². The normalized spacial score (nSPS) is 42.0. The highest BCUT2D eigenvalue weighted by atomic mass is 16.6. The Kier molecular flexibility index (Phi) is 7.14. The third-order valence-corrected chi connectivity index (χ3v) is 10.8. The van der Waals surface area contributed by atoms with E-state index in [0.717, 1.165) is 13.2 Å². The fraction of sp³-hybridized carbons (Fsp3) is 0.700. The summed E-state index contributed by atoms with van der Waals surface area (Å²) >= 11 is 0. The molecule has 2 heterocycles. The average Bonchev–Trinajstić information content (AvgIpc) is 3.21. The lowest BCUT2D eigenvalue weighted by molar-refractivity contribution is -0.290. The van der Waals surface area contributed by atoms with Crippen LogP contribution in [0.3, 0.4) is 0 Å². The van der Waals surface area contributed by atoms with Gasteiger partial charge in [-0.2, -0.15) is 0 Å². The number of rotatable bonds is 5. The van der Waals surface area contributed by atoms with Crippen LogP contribution < -0.4 is 0 Å². The predicted octanol–water partition coefficient (Wildman–Crippen LogP) is 0.839. The fourth-order valence-corrected chi connectivity index (χ4v) is 8.81. The van der Waals surface area contributed by atoms with Crippen LogP contribution in [0.5, 0.6) is 0 Å². The van der Waals surface area contributed by atoms with Crippen LogP contribution in [0, 0.1) is 28.6 Å². The van der Waals surface area contributed by atoms with Crippen LogP contribution in [-0.2, 0) is 47.7 Å². The Balaban J connectivity index is 1.64. The third kappa shape index (κ3) is 4.03. The molecule has 43 heavy (non-hydrogen) atoms. The second-order valence-electron chi connectivity index (χ2n) is 13.2. The number of aliphatic hydroxyl groups is 3. The van der Waals surface area contributed by atoms with Gasteiger partial charge in [0.2, 0.25) is 11.7 Å². The topological polar surface area (TPSA) is 192 Å². The summed E-state index contributed by atoms with van der Waals surface area (Å²) in [5.41, 5.74) is -5.29. The van der Waals surface area contributed by atoms with Gasteiger partial charge in [-0.25, -0.2) is 14.4 Å². The van der Waals surface area contributed by atoms with E-state index in [4.69, 9.17) is 23.7 Å². The number of carbonyl (C=O) groups excluding carboxylic acids is 5. The summed E-state index contributed by atoms with van der Waals surface area (Å²) in [6.45, 7) is 8.96. The lowest BCUT2D eigenvalue weighted by Crippen LogP contribution is -2.79. The summed E-state index contributed by atoms with van der Waals surface area (Å²) in [5.74, 6) is -7.48. The summed E-state index contributed by atoms with van der Waals surface area (Å²) in [4.78, 5) is 64.9. The molecule has 10 atom stereocenters. The number of carbonyl (C=O) groups is 5. The first-order chi connectivity index (χ1) is 19.9. The minimum Gasteiger partial charge on any atom is -0.504 e. The largest absolute Gasteiger partial charge is 0.504 e. The van der Waals surface area contributed by atoms with Gasteiger partial charge in [0.25, 0.3) is 0 Å². The van der Waals surface area contributed by atoms with Crippen molar-refractivity contribution in [2.45, 2.75) is 90.0 Å². The molecule has 1 spiro atoms. The van der Waals surface area contributed by atoms with Crippen molar-refractivity contribution in [1.29, 1.82) is 0 Å². The van der Waals surface area contributed by atoms with Crippen LogP contribution in [0.25, 0.3) is 0 Å². The zero-order valence-corrected chi connectivity index (χ0v) is 25.2. The maximum absolute atomic E-state index is 13.7. The molecule has 0 aromatic rings. The van der Waals surface area contributed by atoms with Crippen molar-refractivity contribution >= 4 is 29.7 Å². The SMILES string of the molecule is COC(=O)[C@]12OC[C@]34[C@H](C[C@@H]5C(C)=C(O)C(=O)C[C@@]5(C)[C@@H]3[C@H](O)[C@H]1O)OC(=O)[C@@H](OC(=O)/C=C(\C)C(C)(C)OC(C)=O)[C@H]24. The van der Waals surface area contributed by atoms with Crippen LogP contribution in [0.1, 0.15) is 54.4 Å². The number of fused-ring (bicyclic) bond motifs is 2. The highest BCUT2D eigenvalue weighted by Crippen LogP contribution is 2.72. The van der Waals surface area contributed by atoms with E-state index in [0.29, 0.717) is 11.1 Å². The lowest BCUT2D eigenvalue weighted by Gasteiger charge is -2.67. The van der Waals surface area contributed by atoms with Crippen molar-refractivity contribution in [3.63, 3.8) is 0 Å². The molecule has 0 radical (unpaired) electrons. The van der Waals surface area contributed by atoms with E-state index in [1.165, 1.54) is 13.8 Å². The molecule has 3 aliphatic carbocycles. The summed E-state index contributed by atoms with van der Waals surface area (Å²) < 4.78 is 28.0. The van der Waals surface area contributed by atoms with Crippen molar-refractivity contribution in [3.8, 4) is 0 Å². The maximum atomic E-state index is 13.7. The predicted molar refractivity (Wildman–Crippen MR) is 143 cm³/mol. The zero-order valence-electron chi connectivity index (χ0n) is 25.2. The smallest absolute Gasteiger partial charge is 0.348 e. The number of esters is 4. The molecule has 2 saturated heterocycles. The molecule has 236 valence electrons. The Morgan fingerprint density at radius 2 is 1.77 bits per heavy atom. The van der Waals surface area contributed by atoms with Gasteiger partial charge >= 0.3 is 23.9 Å². The van der Waals surface area contributed by atoms with Gasteiger partial charge in [0.1, 0.15) is 17.8 Å². The number of Topliss-reactive ketones (excluding diaryl/α,β-unsaturated/α-hetero) is 1. The van der Waals surface area contributed by atoms with Crippen LogP contribution in [-0.4, -0.2) is 94.3 Å². The Labute approximate surface area is 248 Å². The second-order valence-corrected chi connectivity index (χ2v) is 13.2. The van der Waals surface area contributed by atoms with Gasteiger partial charge < -0.3 is 39.0 Å². The Hall–Kier alpha value is -3.29.